The zero-order valence-electron chi connectivity index (χ0n) is 19.4. The lowest BCUT2D eigenvalue weighted by Gasteiger charge is -2.30. The van der Waals surface area contributed by atoms with Crippen molar-refractivity contribution in [2.24, 2.45) is 0 Å². The molecule has 0 aliphatic carbocycles. The Bertz CT molecular complexity index is 989. The van der Waals surface area contributed by atoms with E-state index in [0.717, 1.165) is 19.5 Å². The smallest absolute Gasteiger partial charge is 0.258 e. The third kappa shape index (κ3) is 5.33. The Hall–Kier alpha value is -2.57. The number of amides is 2. The van der Waals surface area contributed by atoms with Gasteiger partial charge in [-0.3, -0.25) is 14.5 Å². The van der Waals surface area contributed by atoms with E-state index in [0.29, 0.717) is 35.8 Å². The number of hydrogen-bond acceptors (Lipinski definition) is 4. The van der Waals surface area contributed by atoms with Crippen molar-refractivity contribution in [3.63, 3.8) is 0 Å². The van der Waals surface area contributed by atoms with Crippen LogP contribution in [0, 0.1) is 6.92 Å². The predicted molar refractivity (Wildman–Crippen MR) is 130 cm³/mol. The summed E-state index contributed by atoms with van der Waals surface area (Å²) in [5, 5.41) is 3.62. The van der Waals surface area contributed by atoms with Crippen molar-refractivity contribution < 1.29 is 14.3 Å². The molecule has 2 aliphatic rings. The minimum atomic E-state index is -0.488. The van der Waals surface area contributed by atoms with Crippen LogP contribution in [0.25, 0.3) is 0 Å². The number of benzene rings is 2. The molecule has 2 aliphatic heterocycles. The maximum absolute atomic E-state index is 13.3. The number of halogens is 1. The molecule has 2 aromatic rings. The van der Waals surface area contributed by atoms with Gasteiger partial charge in [-0.25, -0.2) is 0 Å². The van der Waals surface area contributed by atoms with Crippen LogP contribution in [0.3, 0.4) is 0 Å². The summed E-state index contributed by atoms with van der Waals surface area (Å²) in [6.45, 7) is 5.23. The number of carbonyl (C=O) groups is 2. The van der Waals surface area contributed by atoms with Crippen molar-refractivity contribution in [3.8, 4) is 5.75 Å². The van der Waals surface area contributed by atoms with Crippen molar-refractivity contribution in [3.05, 3.63) is 64.2 Å². The summed E-state index contributed by atoms with van der Waals surface area (Å²) in [6.07, 6.45) is 3.81. The van der Waals surface area contributed by atoms with Crippen LogP contribution in [0.15, 0.2) is 42.5 Å². The van der Waals surface area contributed by atoms with E-state index < -0.39 is 6.04 Å². The Balaban J connectivity index is 1.47. The number of nitrogens with zero attached hydrogens (tertiary/aromatic N) is 2. The van der Waals surface area contributed by atoms with Crippen LogP contribution in [0.5, 0.6) is 5.75 Å². The SMILES string of the molecule is COc1ccc(Cl)cc1C(=O)N1CCC[C@@H]1C(=O)NC[C@H](c1ccc(C)cc1)N1CCCC1. The Morgan fingerprint density at radius 1 is 1.09 bits per heavy atom. The number of rotatable bonds is 7. The molecule has 33 heavy (non-hydrogen) atoms. The first-order valence-electron chi connectivity index (χ1n) is 11.7. The first kappa shape index (κ1) is 23.6. The molecule has 0 aromatic heterocycles. The van der Waals surface area contributed by atoms with Crippen molar-refractivity contribution in [2.75, 3.05) is 33.3 Å². The molecule has 6 nitrogen and oxygen atoms in total. The molecule has 0 bridgehead atoms. The zero-order valence-corrected chi connectivity index (χ0v) is 20.1. The quantitative estimate of drug-likeness (QED) is 0.659. The highest BCUT2D eigenvalue weighted by Crippen LogP contribution is 2.29. The van der Waals surface area contributed by atoms with Gasteiger partial charge in [0.15, 0.2) is 0 Å². The summed E-state index contributed by atoms with van der Waals surface area (Å²) in [7, 11) is 1.53. The second-order valence-electron chi connectivity index (χ2n) is 8.92. The average Bonchev–Trinajstić information content (AvgIpc) is 3.52. The number of methoxy groups -OCH3 is 1. The van der Waals surface area contributed by atoms with Crippen LogP contribution in [-0.2, 0) is 4.79 Å². The number of ether oxygens (including phenoxy) is 1. The molecule has 2 fully saturated rings. The first-order valence-corrected chi connectivity index (χ1v) is 12.1. The summed E-state index contributed by atoms with van der Waals surface area (Å²) in [4.78, 5) is 30.6. The van der Waals surface area contributed by atoms with Crippen molar-refractivity contribution >= 4 is 23.4 Å². The minimum absolute atomic E-state index is 0.0989. The number of nitrogens with one attached hydrogen (secondary N) is 1. The molecule has 2 atom stereocenters. The van der Waals surface area contributed by atoms with E-state index in [2.05, 4.69) is 41.4 Å². The fraction of sp³-hybridized carbons (Fsp3) is 0.462. The van der Waals surface area contributed by atoms with Gasteiger partial charge in [0, 0.05) is 18.1 Å². The van der Waals surface area contributed by atoms with Crippen LogP contribution in [-0.4, -0.2) is 60.9 Å². The molecular weight excluding hydrogens is 438 g/mol. The van der Waals surface area contributed by atoms with E-state index >= 15 is 0 Å². The van der Waals surface area contributed by atoms with Crippen molar-refractivity contribution in [1.29, 1.82) is 0 Å². The lowest BCUT2D eigenvalue weighted by atomic mass is 10.0. The lowest BCUT2D eigenvalue weighted by Crippen LogP contribution is -2.48. The number of likely N-dealkylation sites (tertiary alicyclic amines) is 2. The van der Waals surface area contributed by atoms with Crippen LogP contribution in [0.2, 0.25) is 5.02 Å². The molecule has 2 heterocycles. The summed E-state index contributed by atoms with van der Waals surface area (Å²) < 4.78 is 5.36. The normalized spacial score (nSPS) is 19.5. The maximum atomic E-state index is 13.3. The van der Waals surface area contributed by atoms with Gasteiger partial charge in [0.2, 0.25) is 5.91 Å². The van der Waals surface area contributed by atoms with Gasteiger partial charge in [-0.15, -0.1) is 0 Å². The van der Waals surface area contributed by atoms with Crippen LogP contribution >= 0.6 is 11.6 Å². The molecule has 0 spiro atoms. The van der Waals surface area contributed by atoms with E-state index in [-0.39, 0.29) is 17.9 Å². The van der Waals surface area contributed by atoms with E-state index in [9.17, 15) is 9.59 Å². The zero-order chi connectivity index (χ0) is 23.4. The molecule has 0 unspecified atom stereocenters. The highest BCUT2D eigenvalue weighted by molar-refractivity contribution is 6.31. The molecule has 2 aromatic carbocycles. The monoisotopic (exact) mass is 469 g/mol. The van der Waals surface area contributed by atoms with Crippen LogP contribution in [0.1, 0.15) is 53.2 Å². The van der Waals surface area contributed by atoms with Crippen molar-refractivity contribution in [1.82, 2.24) is 15.1 Å². The molecule has 7 heteroatoms. The maximum Gasteiger partial charge on any atom is 0.258 e. The fourth-order valence-corrected chi connectivity index (χ4v) is 5.07. The van der Waals surface area contributed by atoms with Gasteiger partial charge in [-0.2, -0.15) is 0 Å². The van der Waals surface area contributed by atoms with Crippen LogP contribution in [0.4, 0.5) is 0 Å². The van der Waals surface area contributed by atoms with Gasteiger partial charge in [-0.1, -0.05) is 41.4 Å². The highest BCUT2D eigenvalue weighted by atomic mass is 35.5. The van der Waals surface area contributed by atoms with Gasteiger partial charge in [-0.05, 0) is 69.5 Å². The second-order valence-corrected chi connectivity index (χ2v) is 9.35. The van der Waals surface area contributed by atoms with Gasteiger partial charge >= 0.3 is 0 Å². The standard InChI is InChI=1S/C26H32ClN3O3/c1-18-7-9-19(10-8-18)23(29-13-3-4-14-29)17-28-25(31)22-6-5-15-30(22)26(32)21-16-20(27)11-12-24(21)33-2/h7-12,16,22-23H,3-6,13-15,17H2,1-2H3,(H,28,31)/t22-,23-/m1/s1. The minimum Gasteiger partial charge on any atom is -0.496 e. The van der Waals surface area contributed by atoms with Crippen LogP contribution < -0.4 is 10.1 Å². The van der Waals surface area contributed by atoms with E-state index in [4.69, 9.17) is 16.3 Å². The number of aryl methyl sites for hydroxylation is 1. The third-order valence-corrected chi connectivity index (χ3v) is 6.96. The fourth-order valence-electron chi connectivity index (χ4n) is 4.90. The largest absolute Gasteiger partial charge is 0.496 e. The first-order chi connectivity index (χ1) is 16.0. The molecule has 176 valence electrons. The molecule has 0 saturated carbocycles. The predicted octanol–water partition coefficient (Wildman–Crippen LogP) is 4.21. The molecule has 0 radical (unpaired) electrons. The van der Waals surface area contributed by atoms with E-state index in [1.807, 2.05) is 0 Å². The molecule has 2 amide bonds. The molecule has 4 rings (SSSR count). The highest BCUT2D eigenvalue weighted by Gasteiger charge is 2.36. The molecule has 1 N–H and O–H groups in total. The van der Waals surface area contributed by atoms with Crippen molar-refractivity contribution in [2.45, 2.75) is 44.7 Å². The summed E-state index contributed by atoms with van der Waals surface area (Å²) in [5.41, 5.74) is 2.82. The summed E-state index contributed by atoms with van der Waals surface area (Å²) in [6, 6.07) is 13.2. The Labute approximate surface area is 200 Å². The topological polar surface area (TPSA) is 61.9 Å². The summed E-state index contributed by atoms with van der Waals surface area (Å²) >= 11 is 6.13. The third-order valence-electron chi connectivity index (χ3n) is 6.72. The van der Waals surface area contributed by atoms with Gasteiger partial charge in [0.25, 0.3) is 5.91 Å². The van der Waals surface area contributed by atoms with E-state index in [1.165, 1.54) is 31.1 Å². The van der Waals surface area contributed by atoms with Gasteiger partial charge in [0.1, 0.15) is 11.8 Å². The number of carbonyl (C=O) groups excluding carboxylic acids is 2. The average molecular weight is 470 g/mol. The lowest BCUT2D eigenvalue weighted by molar-refractivity contribution is -0.125. The Morgan fingerprint density at radius 3 is 2.52 bits per heavy atom. The van der Waals surface area contributed by atoms with E-state index in [1.54, 1.807) is 23.1 Å². The Kier molecular flexibility index (Phi) is 7.56. The number of hydrogen-bond donors (Lipinski definition) is 1. The summed E-state index contributed by atoms with van der Waals surface area (Å²) in [5.74, 6) is 0.142. The van der Waals surface area contributed by atoms with Gasteiger partial charge in [0.05, 0.1) is 18.7 Å². The molecular formula is C26H32ClN3O3. The molecule has 2 saturated heterocycles. The second kappa shape index (κ2) is 10.6. The Morgan fingerprint density at radius 2 is 1.82 bits per heavy atom. The van der Waals surface area contributed by atoms with Gasteiger partial charge < -0.3 is 15.0 Å².